The number of aromatic nitrogens is 2. The normalized spacial score (nSPS) is 14.2. The van der Waals surface area contributed by atoms with Gasteiger partial charge in [-0.3, -0.25) is 4.79 Å². The van der Waals surface area contributed by atoms with Crippen molar-refractivity contribution in [3.05, 3.63) is 95.4 Å². The Balaban J connectivity index is 1.64. The Labute approximate surface area is 191 Å². The summed E-state index contributed by atoms with van der Waals surface area (Å²) in [5.41, 5.74) is 6.87. The van der Waals surface area contributed by atoms with Gasteiger partial charge in [0.1, 0.15) is 5.65 Å². The molecular weight excluding hydrogens is 412 g/mol. The molecule has 7 heteroatoms. The lowest BCUT2D eigenvalue weighted by atomic mass is 10.00. The highest BCUT2D eigenvalue weighted by Crippen LogP contribution is 2.38. The van der Waals surface area contributed by atoms with E-state index in [0.29, 0.717) is 22.5 Å². The highest BCUT2D eigenvalue weighted by atomic mass is 16.2. The number of fused-ring (bicyclic) bond motifs is 2. The number of nitriles is 1. The zero-order chi connectivity index (χ0) is 22.9. The van der Waals surface area contributed by atoms with E-state index >= 15 is 0 Å². The van der Waals surface area contributed by atoms with Gasteiger partial charge in [0, 0.05) is 41.9 Å². The van der Waals surface area contributed by atoms with Gasteiger partial charge in [-0.15, -0.1) is 0 Å². The van der Waals surface area contributed by atoms with E-state index in [-0.39, 0.29) is 5.91 Å². The molecule has 1 amide bonds. The Hall–Kier alpha value is -4.41. The molecule has 1 aliphatic rings. The van der Waals surface area contributed by atoms with E-state index in [0.717, 1.165) is 29.0 Å². The van der Waals surface area contributed by atoms with E-state index in [9.17, 15) is 10.1 Å². The van der Waals surface area contributed by atoms with Crippen LogP contribution in [0.4, 0.5) is 11.4 Å². The number of nitrogens with zero attached hydrogens (tertiary/aromatic N) is 4. The zero-order valence-electron chi connectivity index (χ0n) is 18.3. The second kappa shape index (κ2) is 8.26. The summed E-state index contributed by atoms with van der Waals surface area (Å²) in [6.07, 6.45) is 5.57. The maximum atomic E-state index is 13.1. The van der Waals surface area contributed by atoms with E-state index in [2.05, 4.69) is 38.7 Å². The van der Waals surface area contributed by atoms with Gasteiger partial charge in [0.2, 0.25) is 0 Å². The zero-order valence-corrected chi connectivity index (χ0v) is 18.3. The molecule has 0 saturated carbocycles. The van der Waals surface area contributed by atoms with Crippen LogP contribution < -0.4 is 10.6 Å². The van der Waals surface area contributed by atoms with Crippen molar-refractivity contribution in [2.24, 2.45) is 0 Å². The fraction of sp³-hybridized carbons (Fsp3) is 0.115. The number of anilines is 2. The molecule has 33 heavy (non-hydrogen) atoms. The van der Waals surface area contributed by atoms with Gasteiger partial charge in [0.05, 0.1) is 28.6 Å². The molecule has 0 atom stereocenters. The summed E-state index contributed by atoms with van der Waals surface area (Å²) in [4.78, 5) is 19.5. The maximum absolute atomic E-state index is 13.1. The van der Waals surface area contributed by atoms with Gasteiger partial charge in [0.25, 0.3) is 5.91 Å². The standard InChI is InChI=1S/C26H22N6O/c1-31(2)15-17-3-7-20(8-4-17)29-25(19-6-10-23-28-11-12-32(23)16-19)24-21-9-5-18(14-27)13-22(21)30-26(24)33/h3-13,16,29H,15H2,1-2H3,(H,30,33)/b25-24-. The Morgan fingerprint density at radius 1 is 1.15 bits per heavy atom. The van der Waals surface area contributed by atoms with Crippen LogP contribution in [0.2, 0.25) is 0 Å². The third kappa shape index (κ3) is 3.95. The summed E-state index contributed by atoms with van der Waals surface area (Å²) in [6, 6.07) is 19.4. The van der Waals surface area contributed by atoms with E-state index in [4.69, 9.17) is 0 Å². The lowest BCUT2D eigenvalue weighted by Gasteiger charge is -2.16. The van der Waals surface area contributed by atoms with Crippen LogP contribution in [0.25, 0.3) is 16.9 Å². The minimum absolute atomic E-state index is 0.211. The Morgan fingerprint density at radius 2 is 1.97 bits per heavy atom. The number of hydrogen-bond donors (Lipinski definition) is 2. The molecule has 2 N–H and O–H groups in total. The second-order valence-corrected chi connectivity index (χ2v) is 8.25. The van der Waals surface area contributed by atoms with Crippen LogP contribution in [0, 0.1) is 11.3 Å². The average Bonchev–Trinajstić information content (AvgIpc) is 3.40. The van der Waals surface area contributed by atoms with Crippen LogP contribution in [0.15, 0.2) is 73.2 Å². The predicted octanol–water partition coefficient (Wildman–Crippen LogP) is 4.20. The van der Waals surface area contributed by atoms with Gasteiger partial charge in [-0.1, -0.05) is 18.2 Å². The first kappa shape index (κ1) is 20.5. The molecule has 0 saturated heterocycles. The SMILES string of the molecule is CN(C)Cc1ccc(N/C(=C2\C(=O)Nc3cc(C#N)ccc32)c2ccc3nccn3c2)cc1. The Morgan fingerprint density at radius 3 is 2.73 bits per heavy atom. The molecule has 162 valence electrons. The summed E-state index contributed by atoms with van der Waals surface area (Å²) in [7, 11) is 4.07. The van der Waals surface area contributed by atoms with Gasteiger partial charge in [-0.25, -0.2) is 4.98 Å². The molecule has 3 heterocycles. The summed E-state index contributed by atoms with van der Waals surface area (Å²) in [5.74, 6) is -0.211. The third-order valence-electron chi connectivity index (χ3n) is 5.54. The van der Waals surface area contributed by atoms with E-state index in [1.165, 1.54) is 5.56 Å². The van der Waals surface area contributed by atoms with Crippen LogP contribution in [0.3, 0.4) is 0 Å². The van der Waals surface area contributed by atoms with Crippen LogP contribution in [-0.2, 0) is 11.3 Å². The van der Waals surface area contributed by atoms with Crippen molar-refractivity contribution in [2.45, 2.75) is 6.54 Å². The lowest BCUT2D eigenvalue weighted by molar-refractivity contribution is -0.110. The highest BCUT2D eigenvalue weighted by molar-refractivity contribution is 6.37. The fourth-order valence-corrected chi connectivity index (χ4v) is 4.04. The maximum Gasteiger partial charge on any atom is 0.258 e. The van der Waals surface area contributed by atoms with Gasteiger partial charge in [-0.05, 0) is 56.1 Å². The summed E-state index contributed by atoms with van der Waals surface area (Å²) in [6.45, 7) is 0.850. The number of rotatable bonds is 5. The molecule has 0 spiro atoms. The number of benzene rings is 2. The van der Waals surface area contributed by atoms with Crippen LogP contribution in [-0.4, -0.2) is 34.3 Å². The van der Waals surface area contributed by atoms with Gasteiger partial charge >= 0.3 is 0 Å². The predicted molar refractivity (Wildman–Crippen MR) is 129 cm³/mol. The topological polar surface area (TPSA) is 85.5 Å². The van der Waals surface area contributed by atoms with Crippen molar-refractivity contribution in [3.8, 4) is 6.07 Å². The fourth-order valence-electron chi connectivity index (χ4n) is 4.04. The molecule has 0 bridgehead atoms. The minimum atomic E-state index is -0.211. The largest absolute Gasteiger partial charge is 0.354 e. The summed E-state index contributed by atoms with van der Waals surface area (Å²) in [5, 5.41) is 15.6. The van der Waals surface area contributed by atoms with Crippen molar-refractivity contribution in [3.63, 3.8) is 0 Å². The first-order valence-corrected chi connectivity index (χ1v) is 10.6. The van der Waals surface area contributed by atoms with Crippen molar-refractivity contribution < 1.29 is 4.79 Å². The van der Waals surface area contributed by atoms with Crippen molar-refractivity contribution in [1.29, 1.82) is 5.26 Å². The summed E-state index contributed by atoms with van der Waals surface area (Å²) < 4.78 is 1.92. The molecule has 0 aliphatic carbocycles. The number of nitrogens with one attached hydrogen (secondary N) is 2. The molecule has 0 fully saturated rings. The number of hydrogen-bond acceptors (Lipinski definition) is 5. The number of pyridine rings is 1. The minimum Gasteiger partial charge on any atom is -0.354 e. The highest BCUT2D eigenvalue weighted by Gasteiger charge is 2.29. The molecule has 0 radical (unpaired) electrons. The monoisotopic (exact) mass is 434 g/mol. The molecule has 4 aromatic rings. The van der Waals surface area contributed by atoms with Gasteiger partial charge in [-0.2, -0.15) is 5.26 Å². The molecule has 2 aromatic carbocycles. The van der Waals surface area contributed by atoms with Crippen molar-refractivity contribution >= 4 is 34.2 Å². The number of imidazole rings is 1. The van der Waals surface area contributed by atoms with Crippen molar-refractivity contribution in [1.82, 2.24) is 14.3 Å². The van der Waals surface area contributed by atoms with Crippen LogP contribution >= 0.6 is 0 Å². The Bertz CT molecular complexity index is 1440. The lowest BCUT2D eigenvalue weighted by Crippen LogP contribution is -2.11. The average molecular weight is 435 g/mol. The van der Waals surface area contributed by atoms with Gasteiger partial charge in [0.15, 0.2) is 0 Å². The van der Waals surface area contributed by atoms with Crippen LogP contribution in [0.5, 0.6) is 0 Å². The molecule has 2 aromatic heterocycles. The van der Waals surface area contributed by atoms with E-state index in [1.807, 2.05) is 61.2 Å². The number of carbonyl (C=O) groups excluding carboxylic acids is 1. The molecule has 5 rings (SSSR count). The van der Waals surface area contributed by atoms with E-state index < -0.39 is 0 Å². The number of amides is 1. The molecule has 1 aliphatic heterocycles. The smallest absolute Gasteiger partial charge is 0.258 e. The van der Waals surface area contributed by atoms with Gasteiger partial charge < -0.3 is 19.9 Å². The molecule has 7 nitrogen and oxygen atoms in total. The summed E-state index contributed by atoms with van der Waals surface area (Å²) >= 11 is 0. The second-order valence-electron chi connectivity index (χ2n) is 8.25. The first-order valence-electron chi connectivity index (χ1n) is 10.6. The quantitative estimate of drug-likeness (QED) is 0.460. The Kier molecular flexibility index (Phi) is 5.13. The molecular formula is C26H22N6O. The van der Waals surface area contributed by atoms with E-state index in [1.54, 1.807) is 18.3 Å². The van der Waals surface area contributed by atoms with Crippen molar-refractivity contribution in [2.75, 3.05) is 24.7 Å². The molecule has 0 unspecified atom stereocenters. The number of carbonyl (C=O) groups is 1. The van der Waals surface area contributed by atoms with Crippen LogP contribution in [0.1, 0.15) is 22.3 Å². The first-order chi connectivity index (χ1) is 16.0. The third-order valence-corrected chi connectivity index (χ3v) is 5.54.